The van der Waals surface area contributed by atoms with Crippen LogP contribution in [0.3, 0.4) is 0 Å². The topological polar surface area (TPSA) is 38.4 Å². The molecule has 5 heteroatoms. The Bertz CT molecular complexity index is 584. The van der Waals surface area contributed by atoms with E-state index in [1.54, 1.807) is 11.3 Å². The highest BCUT2D eigenvalue weighted by Crippen LogP contribution is 2.39. The minimum atomic E-state index is 0.595. The Morgan fingerprint density at radius 1 is 1.24 bits per heavy atom. The number of hydrogen-bond donors (Lipinski definition) is 1. The number of amidine groups is 1. The maximum Gasteiger partial charge on any atom is 0.141 e. The zero-order valence-electron chi connectivity index (χ0n) is 11.7. The van der Waals surface area contributed by atoms with E-state index < -0.39 is 0 Å². The molecule has 1 unspecified atom stereocenters. The van der Waals surface area contributed by atoms with Gasteiger partial charge in [-0.2, -0.15) is 0 Å². The lowest BCUT2D eigenvalue weighted by molar-refractivity contribution is 0.750. The summed E-state index contributed by atoms with van der Waals surface area (Å²) in [5, 5.41) is 2.85. The van der Waals surface area contributed by atoms with Gasteiger partial charge in [-0.3, -0.25) is 0 Å². The molecule has 2 aromatic rings. The van der Waals surface area contributed by atoms with E-state index >= 15 is 0 Å². The smallest absolute Gasteiger partial charge is 0.141 e. The van der Waals surface area contributed by atoms with Crippen molar-refractivity contribution in [2.45, 2.75) is 24.5 Å². The molecule has 0 saturated carbocycles. The SMILES string of the molecule is NC(=Nc1ccc(CCC2CCSS2)cc1)c1cccs1. The second-order valence-corrected chi connectivity index (χ2v) is 8.74. The van der Waals surface area contributed by atoms with Crippen LogP contribution in [-0.4, -0.2) is 16.8 Å². The lowest BCUT2D eigenvalue weighted by Crippen LogP contribution is -2.10. The predicted molar refractivity (Wildman–Crippen MR) is 97.9 cm³/mol. The highest BCUT2D eigenvalue weighted by atomic mass is 33.1. The van der Waals surface area contributed by atoms with Crippen molar-refractivity contribution in [3.8, 4) is 0 Å². The number of benzene rings is 1. The fourth-order valence-corrected chi connectivity index (χ4v) is 5.85. The zero-order chi connectivity index (χ0) is 14.5. The average Bonchev–Trinajstić information content (AvgIpc) is 3.20. The van der Waals surface area contributed by atoms with Gasteiger partial charge < -0.3 is 5.73 Å². The van der Waals surface area contributed by atoms with Crippen LogP contribution in [0.15, 0.2) is 46.8 Å². The van der Waals surface area contributed by atoms with Crippen LogP contribution in [-0.2, 0) is 6.42 Å². The van der Waals surface area contributed by atoms with Crippen LogP contribution in [0.25, 0.3) is 0 Å². The summed E-state index contributed by atoms with van der Waals surface area (Å²) in [5.74, 6) is 1.91. The van der Waals surface area contributed by atoms with Crippen LogP contribution in [0, 0.1) is 0 Å². The Hall–Kier alpha value is -0.910. The van der Waals surface area contributed by atoms with Gasteiger partial charge in [-0.1, -0.05) is 39.8 Å². The molecule has 1 fully saturated rings. The molecule has 1 aliphatic heterocycles. The average molecular weight is 335 g/mol. The number of thiophene rings is 1. The van der Waals surface area contributed by atoms with Gasteiger partial charge in [0.25, 0.3) is 0 Å². The maximum absolute atomic E-state index is 6.01. The van der Waals surface area contributed by atoms with Gasteiger partial charge in [-0.05, 0) is 48.4 Å². The Morgan fingerprint density at radius 2 is 2.10 bits per heavy atom. The van der Waals surface area contributed by atoms with Crippen LogP contribution in [0.5, 0.6) is 0 Å². The van der Waals surface area contributed by atoms with Gasteiger partial charge in [0, 0.05) is 11.0 Å². The predicted octanol–water partition coefficient (Wildman–Crippen LogP) is 4.87. The summed E-state index contributed by atoms with van der Waals surface area (Å²) in [6.45, 7) is 0. The molecule has 0 bridgehead atoms. The third-order valence-corrected chi connectivity index (χ3v) is 7.34. The number of nitrogens with zero attached hydrogens (tertiary/aromatic N) is 1. The van der Waals surface area contributed by atoms with Gasteiger partial charge >= 0.3 is 0 Å². The molecule has 2 heterocycles. The van der Waals surface area contributed by atoms with Crippen LogP contribution >= 0.6 is 32.9 Å². The molecule has 3 rings (SSSR count). The summed E-state index contributed by atoms with van der Waals surface area (Å²) in [7, 11) is 4.06. The van der Waals surface area contributed by atoms with E-state index in [2.05, 4.69) is 40.1 Å². The van der Waals surface area contributed by atoms with Crippen LogP contribution in [0.1, 0.15) is 23.3 Å². The van der Waals surface area contributed by atoms with Gasteiger partial charge in [-0.15, -0.1) is 11.3 Å². The lowest BCUT2D eigenvalue weighted by Gasteiger charge is -2.07. The highest BCUT2D eigenvalue weighted by molar-refractivity contribution is 8.77. The fourth-order valence-electron chi connectivity index (χ4n) is 2.25. The number of hydrogen-bond acceptors (Lipinski definition) is 4. The van der Waals surface area contributed by atoms with E-state index in [9.17, 15) is 0 Å². The fraction of sp³-hybridized carbons (Fsp3) is 0.312. The largest absolute Gasteiger partial charge is 0.383 e. The maximum atomic E-state index is 6.01. The standard InChI is InChI=1S/C16H18N2S3/c17-16(15-2-1-10-19-15)18-13-6-3-12(4-7-13)5-8-14-9-11-20-21-14/h1-4,6-7,10,14H,5,8-9,11H2,(H2,17,18). The molecule has 0 spiro atoms. The molecule has 0 radical (unpaired) electrons. The highest BCUT2D eigenvalue weighted by Gasteiger charge is 2.15. The molecule has 1 aliphatic rings. The molecule has 0 amide bonds. The summed E-state index contributed by atoms with van der Waals surface area (Å²) >= 11 is 1.62. The minimum Gasteiger partial charge on any atom is -0.383 e. The Labute approximate surface area is 137 Å². The van der Waals surface area contributed by atoms with E-state index in [0.29, 0.717) is 5.84 Å². The van der Waals surface area contributed by atoms with Gasteiger partial charge in [-0.25, -0.2) is 4.99 Å². The molecule has 0 aliphatic carbocycles. The molecule has 1 aromatic heterocycles. The normalized spacial score (nSPS) is 19.0. The van der Waals surface area contributed by atoms with Crippen LogP contribution in [0.2, 0.25) is 0 Å². The van der Waals surface area contributed by atoms with Crippen molar-refractivity contribution in [1.29, 1.82) is 0 Å². The zero-order valence-corrected chi connectivity index (χ0v) is 14.1. The number of rotatable bonds is 5. The summed E-state index contributed by atoms with van der Waals surface area (Å²) in [6, 6.07) is 12.5. The van der Waals surface area contributed by atoms with Crippen molar-refractivity contribution < 1.29 is 0 Å². The Balaban J connectivity index is 1.59. The molecular weight excluding hydrogens is 316 g/mol. The van der Waals surface area contributed by atoms with Gasteiger partial charge in [0.2, 0.25) is 0 Å². The first-order valence-electron chi connectivity index (χ1n) is 7.06. The van der Waals surface area contributed by atoms with Crippen LogP contribution in [0.4, 0.5) is 5.69 Å². The first-order valence-corrected chi connectivity index (χ1v) is 10.3. The lowest BCUT2D eigenvalue weighted by atomic mass is 10.1. The second kappa shape index (κ2) is 7.38. The van der Waals surface area contributed by atoms with Crippen molar-refractivity contribution in [3.05, 3.63) is 52.2 Å². The van der Waals surface area contributed by atoms with Crippen molar-refractivity contribution >= 4 is 44.4 Å². The third-order valence-electron chi connectivity index (χ3n) is 3.44. The van der Waals surface area contributed by atoms with E-state index in [-0.39, 0.29) is 0 Å². The molecule has 21 heavy (non-hydrogen) atoms. The van der Waals surface area contributed by atoms with Crippen LogP contribution < -0.4 is 5.73 Å². The first-order chi connectivity index (χ1) is 10.3. The Kier molecular flexibility index (Phi) is 5.27. The Morgan fingerprint density at radius 3 is 2.76 bits per heavy atom. The van der Waals surface area contributed by atoms with Gasteiger partial charge in [0.1, 0.15) is 5.84 Å². The summed E-state index contributed by atoms with van der Waals surface area (Å²) in [6.07, 6.45) is 3.79. The quantitative estimate of drug-likeness (QED) is 0.481. The second-order valence-electron chi connectivity index (χ2n) is 5.01. The number of nitrogens with two attached hydrogens (primary N) is 1. The van der Waals surface area contributed by atoms with Crippen molar-refractivity contribution in [2.24, 2.45) is 10.7 Å². The molecule has 1 aromatic carbocycles. The van der Waals surface area contributed by atoms with E-state index in [0.717, 1.165) is 22.2 Å². The summed E-state index contributed by atoms with van der Waals surface area (Å²) in [5.41, 5.74) is 8.32. The summed E-state index contributed by atoms with van der Waals surface area (Å²) in [4.78, 5) is 5.50. The first kappa shape index (κ1) is 15.0. The minimum absolute atomic E-state index is 0.595. The molecule has 110 valence electrons. The molecule has 2 N–H and O–H groups in total. The van der Waals surface area contributed by atoms with Gasteiger partial charge in [0.15, 0.2) is 0 Å². The molecular formula is C16H18N2S3. The van der Waals surface area contributed by atoms with Crippen molar-refractivity contribution in [2.75, 3.05) is 5.75 Å². The molecule has 2 nitrogen and oxygen atoms in total. The number of aliphatic imine (C=N–C) groups is 1. The van der Waals surface area contributed by atoms with E-state index in [1.807, 2.05) is 28.3 Å². The molecule has 1 atom stereocenters. The van der Waals surface area contributed by atoms with E-state index in [4.69, 9.17) is 5.73 Å². The van der Waals surface area contributed by atoms with Crippen molar-refractivity contribution in [3.63, 3.8) is 0 Å². The van der Waals surface area contributed by atoms with E-state index in [1.165, 1.54) is 24.2 Å². The number of aryl methyl sites for hydroxylation is 1. The summed E-state index contributed by atoms with van der Waals surface area (Å²) < 4.78 is 0. The third kappa shape index (κ3) is 4.28. The monoisotopic (exact) mass is 334 g/mol. The van der Waals surface area contributed by atoms with Crippen molar-refractivity contribution in [1.82, 2.24) is 0 Å². The van der Waals surface area contributed by atoms with Gasteiger partial charge in [0.05, 0.1) is 10.6 Å². The molecule has 1 saturated heterocycles.